The van der Waals surface area contributed by atoms with Crippen LogP contribution in [-0.4, -0.2) is 61.4 Å². The minimum Gasteiger partial charge on any atom is -0.365 e. The number of pyridine rings is 1. The fourth-order valence-electron chi connectivity index (χ4n) is 4.64. The first-order valence-corrected chi connectivity index (χ1v) is 14.4. The van der Waals surface area contributed by atoms with E-state index in [2.05, 4.69) is 30.2 Å². The number of carbonyl (C=O) groups excluding carboxylic acids is 1. The Morgan fingerprint density at radius 3 is 2.50 bits per heavy atom. The van der Waals surface area contributed by atoms with Crippen LogP contribution in [0.4, 0.5) is 29.8 Å². The molecule has 0 aromatic carbocycles. The number of carbonyl (C=O) groups is 1. The van der Waals surface area contributed by atoms with E-state index in [1.165, 1.54) is 23.7 Å². The van der Waals surface area contributed by atoms with Crippen LogP contribution in [0.5, 0.6) is 0 Å². The molecule has 0 aliphatic carbocycles. The van der Waals surface area contributed by atoms with Crippen molar-refractivity contribution in [2.24, 2.45) is 0 Å². The number of rotatable bonds is 7. The molecule has 0 radical (unpaired) electrons. The predicted octanol–water partition coefficient (Wildman–Crippen LogP) is 5.96. The maximum Gasteiger partial charge on any atom is 0.451 e. The van der Waals surface area contributed by atoms with Crippen LogP contribution in [0.25, 0.3) is 10.6 Å². The van der Waals surface area contributed by atoms with E-state index in [4.69, 9.17) is 0 Å². The molecule has 0 unspecified atom stereocenters. The van der Waals surface area contributed by atoms with Crippen LogP contribution in [0.2, 0.25) is 0 Å². The van der Waals surface area contributed by atoms with E-state index in [0.717, 1.165) is 34.1 Å². The average Bonchev–Trinajstić information content (AvgIpc) is 3.53. The second-order valence-corrected chi connectivity index (χ2v) is 11.5. The quantitative estimate of drug-likeness (QED) is 0.282. The summed E-state index contributed by atoms with van der Waals surface area (Å²) in [6.45, 7) is 7.33. The van der Waals surface area contributed by atoms with Crippen molar-refractivity contribution < 1.29 is 18.0 Å². The van der Waals surface area contributed by atoms with Crippen molar-refractivity contribution in [1.82, 2.24) is 29.8 Å². The Bertz CT molecular complexity index is 1470. The molecule has 0 spiro atoms. The van der Waals surface area contributed by atoms with E-state index in [0.29, 0.717) is 41.8 Å². The number of thiazole rings is 2. The molecule has 9 nitrogen and oxygen atoms in total. The lowest BCUT2D eigenvalue weighted by Gasteiger charge is -2.42. The third kappa shape index (κ3) is 6.07. The van der Waals surface area contributed by atoms with Crippen molar-refractivity contribution in [2.45, 2.75) is 45.8 Å². The number of halogens is 3. The Morgan fingerprint density at radius 1 is 1.10 bits per heavy atom. The number of aromatic nitrogens is 5. The lowest BCUT2D eigenvalue weighted by molar-refractivity contribution is -0.145. The van der Waals surface area contributed by atoms with E-state index in [-0.39, 0.29) is 11.9 Å². The number of hydrogen-bond donors (Lipinski definition) is 1. The Labute approximate surface area is 237 Å². The second-order valence-electron chi connectivity index (χ2n) is 9.39. The van der Waals surface area contributed by atoms with Gasteiger partial charge in [-0.25, -0.2) is 24.9 Å². The Kier molecular flexibility index (Phi) is 7.99. The summed E-state index contributed by atoms with van der Waals surface area (Å²) in [5, 5.41) is 6.86. The number of alkyl halides is 3. The molecule has 1 saturated heterocycles. The molecular formula is C26H27F3N8OS2. The zero-order valence-electron chi connectivity index (χ0n) is 22.1. The second kappa shape index (κ2) is 11.5. The van der Waals surface area contributed by atoms with Crippen LogP contribution in [0.3, 0.4) is 0 Å². The average molecular weight is 589 g/mol. The van der Waals surface area contributed by atoms with Gasteiger partial charge >= 0.3 is 6.18 Å². The summed E-state index contributed by atoms with van der Waals surface area (Å²) in [4.78, 5) is 38.7. The smallest absolute Gasteiger partial charge is 0.365 e. The predicted molar refractivity (Wildman–Crippen MR) is 149 cm³/mol. The van der Waals surface area contributed by atoms with Gasteiger partial charge in [0, 0.05) is 37.3 Å². The standard InChI is InChI=1S/C26H27F3N8OS2/c1-4-5-18-13-36(19-11-31-24(32-12-19)26(27,28)29)8-9-37(18)23(38)17-6-7-21(30-10-17)35-25-34-20(14-39-25)22-15(2)33-16(3)40-22/h6-7,10-12,14,18H,4-5,8-9,13H2,1-3H3,(H,30,34,35)/t18-/m0/s1. The van der Waals surface area contributed by atoms with E-state index in [1.807, 2.05) is 36.0 Å². The highest BCUT2D eigenvalue weighted by molar-refractivity contribution is 7.16. The Hall–Kier alpha value is -3.65. The van der Waals surface area contributed by atoms with E-state index >= 15 is 0 Å². The van der Waals surface area contributed by atoms with Crippen molar-refractivity contribution in [3.8, 4) is 10.6 Å². The minimum absolute atomic E-state index is 0.112. The molecule has 0 saturated carbocycles. The molecule has 4 aromatic rings. The molecule has 4 aromatic heterocycles. The first kappa shape index (κ1) is 27.9. The molecule has 1 aliphatic rings. The summed E-state index contributed by atoms with van der Waals surface area (Å²) in [5.41, 5.74) is 2.79. The van der Waals surface area contributed by atoms with Gasteiger partial charge in [0.2, 0.25) is 5.82 Å². The van der Waals surface area contributed by atoms with Crippen LogP contribution < -0.4 is 10.2 Å². The molecule has 5 heterocycles. The van der Waals surface area contributed by atoms with Gasteiger partial charge in [0.25, 0.3) is 5.91 Å². The highest BCUT2D eigenvalue weighted by atomic mass is 32.1. The number of aryl methyl sites for hydroxylation is 2. The van der Waals surface area contributed by atoms with Crippen LogP contribution in [-0.2, 0) is 6.18 Å². The summed E-state index contributed by atoms with van der Waals surface area (Å²) in [6, 6.07) is 3.38. The fourth-order valence-corrected chi connectivity index (χ4v) is 6.31. The van der Waals surface area contributed by atoms with Crippen molar-refractivity contribution in [1.29, 1.82) is 0 Å². The highest BCUT2D eigenvalue weighted by Crippen LogP contribution is 2.33. The third-order valence-corrected chi connectivity index (χ3v) is 8.36. The van der Waals surface area contributed by atoms with Crippen LogP contribution >= 0.6 is 22.7 Å². The van der Waals surface area contributed by atoms with E-state index in [9.17, 15) is 18.0 Å². The molecule has 0 bridgehead atoms. The van der Waals surface area contributed by atoms with Gasteiger partial charge < -0.3 is 15.1 Å². The van der Waals surface area contributed by atoms with Gasteiger partial charge in [-0.15, -0.1) is 22.7 Å². The van der Waals surface area contributed by atoms with E-state index in [1.54, 1.807) is 29.7 Å². The summed E-state index contributed by atoms with van der Waals surface area (Å²) in [7, 11) is 0. The van der Waals surface area contributed by atoms with Crippen LogP contribution in [0.1, 0.15) is 46.6 Å². The maximum atomic E-state index is 13.4. The summed E-state index contributed by atoms with van der Waals surface area (Å²) >= 11 is 3.08. The Balaban J connectivity index is 1.24. The van der Waals surface area contributed by atoms with Crippen LogP contribution in [0.15, 0.2) is 36.1 Å². The minimum atomic E-state index is -4.59. The highest BCUT2D eigenvalue weighted by Gasteiger charge is 2.35. The number of nitrogens with one attached hydrogen (secondary N) is 1. The molecule has 1 atom stereocenters. The SMILES string of the molecule is CCC[C@H]1CN(c2cnc(C(F)(F)F)nc2)CCN1C(=O)c1ccc(Nc2nc(-c3sc(C)nc3C)cs2)nc1. The van der Waals surface area contributed by atoms with Gasteiger partial charge in [0.05, 0.1) is 44.9 Å². The molecule has 5 rings (SSSR count). The van der Waals surface area contributed by atoms with Crippen molar-refractivity contribution in [3.63, 3.8) is 0 Å². The third-order valence-electron chi connectivity index (χ3n) is 6.51. The van der Waals surface area contributed by atoms with Gasteiger partial charge in [-0.2, -0.15) is 13.2 Å². The monoisotopic (exact) mass is 588 g/mol. The summed E-state index contributed by atoms with van der Waals surface area (Å²) in [6.07, 6.45) is 0.949. The van der Waals surface area contributed by atoms with Crippen molar-refractivity contribution >= 4 is 45.2 Å². The first-order chi connectivity index (χ1) is 19.1. The van der Waals surface area contributed by atoms with Gasteiger partial charge in [-0.1, -0.05) is 13.3 Å². The molecular weight excluding hydrogens is 561 g/mol. The largest absolute Gasteiger partial charge is 0.451 e. The van der Waals surface area contributed by atoms with Gasteiger partial charge in [0.1, 0.15) is 5.82 Å². The molecule has 1 aliphatic heterocycles. The molecule has 1 amide bonds. The first-order valence-electron chi connectivity index (χ1n) is 12.7. The number of hydrogen-bond acceptors (Lipinski definition) is 10. The molecule has 1 N–H and O–H groups in total. The molecule has 40 heavy (non-hydrogen) atoms. The lowest BCUT2D eigenvalue weighted by Crippen LogP contribution is -2.55. The van der Waals surface area contributed by atoms with Crippen molar-refractivity contribution in [3.05, 3.63) is 58.2 Å². The van der Waals surface area contributed by atoms with Crippen LogP contribution in [0, 0.1) is 13.8 Å². The number of piperazine rings is 1. The van der Waals surface area contributed by atoms with Gasteiger partial charge in [-0.3, -0.25) is 4.79 Å². The number of anilines is 3. The number of nitrogens with zero attached hydrogens (tertiary/aromatic N) is 7. The topological polar surface area (TPSA) is 100 Å². The summed E-state index contributed by atoms with van der Waals surface area (Å²) < 4.78 is 38.5. The zero-order valence-corrected chi connectivity index (χ0v) is 23.7. The fraction of sp³-hybridized carbons (Fsp3) is 0.385. The number of amides is 1. The molecule has 1 fully saturated rings. The van der Waals surface area contributed by atoms with Crippen molar-refractivity contribution in [2.75, 3.05) is 29.9 Å². The summed E-state index contributed by atoms with van der Waals surface area (Å²) in [5.74, 6) is -0.721. The van der Waals surface area contributed by atoms with E-state index < -0.39 is 12.0 Å². The van der Waals surface area contributed by atoms with Gasteiger partial charge in [0.15, 0.2) is 5.13 Å². The maximum absolute atomic E-state index is 13.4. The Morgan fingerprint density at radius 2 is 1.88 bits per heavy atom. The zero-order chi connectivity index (χ0) is 28.4. The lowest BCUT2D eigenvalue weighted by atomic mass is 10.0. The molecule has 210 valence electrons. The van der Waals surface area contributed by atoms with Gasteiger partial charge in [-0.05, 0) is 32.4 Å². The normalized spacial score (nSPS) is 15.9. The molecule has 14 heteroatoms.